The predicted octanol–water partition coefficient (Wildman–Crippen LogP) is 4.26. The molecule has 0 fully saturated rings. The largest absolute Gasteiger partial charge is 0.116 e. The third-order valence-corrected chi connectivity index (χ3v) is 5.75. The average molecular weight is 275 g/mol. The number of rotatable bonds is 0. The molecule has 90 valence electrons. The van der Waals surface area contributed by atoms with Crippen molar-refractivity contribution in [3.8, 4) is 0 Å². The molecule has 0 bridgehead atoms. The summed E-state index contributed by atoms with van der Waals surface area (Å²) in [4.78, 5) is -0.955. The van der Waals surface area contributed by atoms with Crippen LogP contribution in [0, 0.1) is 0 Å². The Kier molecular flexibility index (Phi) is 2.01. The van der Waals surface area contributed by atoms with Crippen molar-refractivity contribution in [1.29, 1.82) is 0 Å². The molecule has 0 unspecified atom stereocenters. The van der Waals surface area contributed by atoms with Crippen molar-refractivity contribution in [2.75, 3.05) is 0 Å². The van der Waals surface area contributed by atoms with Gasteiger partial charge in [0, 0.05) is 0 Å². The molecule has 0 atom stereocenters. The summed E-state index contributed by atoms with van der Waals surface area (Å²) in [7, 11) is 0. The molecule has 0 nitrogen and oxygen atoms in total. The topological polar surface area (TPSA) is 0 Å². The summed E-state index contributed by atoms with van der Waals surface area (Å²) in [6, 6.07) is 16.7. The Labute approximate surface area is 117 Å². The van der Waals surface area contributed by atoms with Crippen molar-refractivity contribution in [3.05, 3.63) is 70.8 Å². The van der Waals surface area contributed by atoms with Gasteiger partial charge in [-0.3, -0.25) is 0 Å². The molecule has 0 spiro atoms. The van der Waals surface area contributed by atoms with E-state index < -0.39 is 9.75 Å². The van der Waals surface area contributed by atoms with Gasteiger partial charge < -0.3 is 0 Å². The van der Waals surface area contributed by atoms with Crippen molar-refractivity contribution >= 4 is 23.2 Å². The van der Waals surface area contributed by atoms with Gasteiger partial charge in [0.25, 0.3) is 0 Å². The molecule has 0 aromatic heterocycles. The number of fused-ring (bicyclic) bond motifs is 5. The summed E-state index contributed by atoms with van der Waals surface area (Å²) < 4.78 is 0. The molecule has 2 heteroatoms. The fourth-order valence-corrected chi connectivity index (χ4v) is 4.55. The molecule has 0 saturated carbocycles. The first-order chi connectivity index (χ1) is 8.65. The standard InChI is InChI=1S/C16H12Cl2/c17-15-9-11-5-1-3-7-13(11)16(15,18)14-8-4-2-6-12(14)10-15/h1-8H,9-10H2. The van der Waals surface area contributed by atoms with Crippen LogP contribution >= 0.6 is 23.2 Å². The third kappa shape index (κ3) is 1.09. The van der Waals surface area contributed by atoms with E-state index in [0.717, 1.165) is 12.8 Å². The lowest BCUT2D eigenvalue weighted by Crippen LogP contribution is -2.37. The van der Waals surface area contributed by atoms with E-state index >= 15 is 0 Å². The second kappa shape index (κ2) is 3.31. The summed E-state index contributed by atoms with van der Waals surface area (Å²) in [5.74, 6) is 0. The Morgan fingerprint density at radius 3 is 1.67 bits per heavy atom. The average Bonchev–Trinajstić information content (AvgIpc) is 2.72. The van der Waals surface area contributed by atoms with Gasteiger partial charge >= 0.3 is 0 Å². The summed E-state index contributed by atoms with van der Waals surface area (Å²) in [5, 5.41) is 0. The van der Waals surface area contributed by atoms with Crippen molar-refractivity contribution in [2.45, 2.75) is 22.6 Å². The predicted molar refractivity (Wildman–Crippen MR) is 75.5 cm³/mol. The Bertz CT molecular complexity index is 596. The number of alkyl halides is 2. The molecule has 0 aliphatic heterocycles. The van der Waals surface area contributed by atoms with E-state index in [9.17, 15) is 0 Å². The Hall–Kier alpha value is -0.980. The smallest absolute Gasteiger partial charge is 0.115 e. The van der Waals surface area contributed by atoms with Gasteiger partial charge in [-0.15, -0.1) is 23.2 Å². The molecule has 0 heterocycles. The highest BCUT2D eigenvalue weighted by molar-refractivity contribution is 6.38. The van der Waals surface area contributed by atoms with Gasteiger partial charge in [-0.1, -0.05) is 48.5 Å². The SMILES string of the molecule is ClC12Cc3ccccc3C1(Cl)c1ccccc1C2. The molecule has 18 heavy (non-hydrogen) atoms. The van der Waals surface area contributed by atoms with Crippen LogP contribution in [0.4, 0.5) is 0 Å². The van der Waals surface area contributed by atoms with Gasteiger partial charge in [0.05, 0.1) is 4.87 Å². The monoisotopic (exact) mass is 274 g/mol. The van der Waals surface area contributed by atoms with E-state index in [0.29, 0.717) is 0 Å². The zero-order valence-electron chi connectivity index (χ0n) is 9.79. The van der Waals surface area contributed by atoms with Crippen LogP contribution in [0.25, 0.3) is 0 Å². The van der Waals surface area contributed by atoms with Crippen LogP contribution in [0.1, 0.15) is 22.3 Å². The maximum absolute atomic E-state index is 7.04. The van der Waals surface area contributed by atoms with Crippen molar-refractivity contribution in [3.63, 3.8) is 0 Å². The maximum atomic E-state index is 7.04. The molecule has 2 aliphatic carbocycles. The van der Waals surface area contributed by atoms with E-state index in [2.05, 4.69) is 36.4 Å². The fourth-order valence-electron chi connectivity index (χ4n) is 3.56. The first kappa shape index (κ1) is 10.9. The van der Waals surface area contributed by atoms with E-state index in [1.54, 1.807) is 0 Å². The minimum absolute atomic E-state index is 0.401. The quantitative estimate of drug-likeness (QED) is 0.630. The number of halogens is 2. The molecule has 0 N–H and O–H groups in total. The minimum Gasteiger partial charge on any atom is -0.116 e. The van der Waals surface area contributed by atoms with Crippen LogP contribution in [0.15, 0.2) is 48.5 Å². The molecule has 0 amide bonds. The Morgan fingerprint density at radius 1 is 0.722 bits per heavy atom. The Balaban J connectivity index is 2.06. The highest BCUT2D eigenvalue weighted by Gasteiger charge is 2.61. The van der Waals surface area contributed by atoms with E-state index in [4.69, 9.17) is 23.2 Å². The zero-order chi connectivity index (χ0) is 12.4. The lowest BCUT2D eigenvalue weighted by atomic mass is 9.90. The van der Waals surface area contributed by atoms with Gasteiger partial charge in [0.2, 0.25) is 0 Å². The van der Waals surface area contributed by atoms with Gasteiger partial charge in [0.15, 0.2) is 0 Å². The van der Waals surface area contributed by atoms with Crippen LogP contribution < -0.4 is 0 Å². The highest BCUT2D eigenvalue weighted by Crippen LogP contribution is 2.62. The molecule has 2 aromatic carbocycles. The molecular weight excluding hydrogens is 263 g/mol. The van der Waals surface area contributed by atoms with Gasteiger partial charge in [-0.25, -0.2) is 0 Å². The van der Waals surface area contributed by atoms with Gasteiger partial charge in [-0.2, -0.15) is 0 Å². The van der Waals surface area contributed by atoms with Gasteiger partial charge in [0.1, 0.15) is 4.87 Å². The fraction of sp³-hybridized carbons (Fsp3) is 0.250. The molecule has 2 aliphatic rings. The molecule has 2 aromatic rings. The summed E-state index contributed by atoms with van der Waals surface area (Å²) in [6.07, 6.45) is 1.70. The molecule has 0 saturated heterocycles. The van der Waals surface area contributed by atoms with Crippen molar-refractivity contribution in [2.24, 2.45) is 0 Å². The molecule has 0 radical (unpaired) electrons. The summed E-state index contributed by atoms with van der Waals surface area (Å²) in [5.41, 5.74) is 4.95. The molecular formula is C16H12Cl2. The van der Waals surface area contributed by atoms with Crippen LogP contribution in [0.2, 0.25) is 0 Å². The van der Waals surface area contributed by atoms with Crippen molar-refractivity contribution in [1.82, 2.24) is 0 Å². The van der Waals surface area contributed by atoms with E-state index in [-0.39, 0.29) is 0 Å². The third-order valence-electron chi connectivity index (χ3n) is 4.34. The van der Waals surface area contributed by atoms with Crippen LogP contribution in [-0.2, 0) is 17.7 Å². The lowest BCUT2D eigenvalue weighted by Gasteiger charge is -2.31. The molecule has 4 rings (SSSR count). The Morgan fingerprint density at radius 2 is 1.17 bits per heavy atom. The van der Waals surface area contributed by atoms with Crippen molar-refractivity contribution < 1.29 is 0 Å². The normalized spacial score (nSPS) is 31.9. The zero-order valence-corrected chi connectivity index (χ0v) is 11.3. The minimum atomic E-state index is -0.554. The second-order valence-corrected chi connectivity index (χ2v) is 6.58. The number of hydrogen-bond acceptors (Lipinski definition) is 0. The van der Waals surface area contributed by atoms with Crippen LogP contribution in [-0.4, -0.2) is 4.87 Å². The van der Waals surface area contributed by atoms with E-state index in [1.807, 2.05) is 12.1 Å². The van der Waals surface area contributed by atoms with E-state index in [1.165, 1.54) is 22.3 Å². The van der Waals surface area contributed by atoms with Crippen LogP contribution in [0.5, 0.6) is 0 Å². The lowest BCUT2D eigenvalue weighted by molar-refractivity contribution is 0.545. The second-order valence-electron chi connectivity index (χ2n) is 5.29. The summed E-state index contributed by atoms with van der Waals surface area (Å²) in [6.45, 7) is 0. The number of hydrogen-bond donors (Lipinski definition) is 0. The first-order valence-electron chi connectivity index (χ1n) is 6.20. The number of benzene rings is 2. The van der Waals surface area contributed by atoms with Gasteiger partial charge in [-0.05, 0) is 35.1 Å². The maximum Gasteiger partial charge on any atom is 0.115 e. The summed E-state index contributed by atoms with van der Waals surface area (Å²) >= 11 is 13.9. The van der Waals surface area contributed by atoms with Crippen LogP contribution in [0.3, 0.4) is 0 Å². The first-order valence-corrected chi connectivity index (χ1v) is 6.95. The highest BCUT2D eigenvalue weighted by atomic mass is 35.5.